The first-order valence-electron chi connectivity index (χ1n) is 5.82. The Bertz CT molecular complexity index is 352. The van der Waals surface area contributed by atoms with Gasteiger partial charge in [0, 0.05) is 11.4 Å². The Morgan fingerprint density at radius 1 is 0.474 bits per heavy atom. The van der Waals surface area contributed by atoms with Gasteiger partial charge in [-0.15, -0.1) is 39.5 Å². The lowest BCUT2D eigenvalue weighted by atomic mass is 10.3. The highest BCUT2D eigenvalue weighted by atomic mass is 14.9. The molecule has 2 aromatic carbocycles. The van der Waals surface area contributed by atoms with Crippen LogP contribution in [-0.4, -0.2) is 0 Å². The molecule has 19 heavy (non-hydrogen) atoms. The second-order valence-corrected chi connectivity index (χ2v) is 2.86. The minimum atomic E-state index is 1.12. The van der Waals surface area contributed by atoms with Gasteiger partial charge in [0.2, 0.25) is 0 Å². The van der Waals surface area contributed by atoms with Crippen LogP contribution in [0.25, 0.3) is 0 Å². The summed E-state index contributed by atoms with van der Waals surface area (Å²) in [6, 6.07) is 20.3. The maximum atomic E-state index is 3.30. The van der Waals surface area contributed by atoms with Crippen LogP contribution in [0.5, 0.6) is 0 Å². The van der Waals surface area contributed by atoms with Gasteiger partial charge in [-0.2, -0.15) is 0 Å². The van der Waals surface area contributed by atoms with Gasteiger partial charge in [-0.1, -0.05) is 36.4 Å². The largest absolute Gasteiger partial charge is 0.356 e. The van der Waals surface area contributed by atoms with Gasteiger partial charge in [0.1, 0.15) is 0 Å². The van der Waals surface area contributed by atoms with Gasteiger partial charge in [0.25, 0.3) is 0 Å². The minimum absolute atomic E-state index is 1.12. The van der Waals surface area contributed by atoms with Gasteiger partial charge >= 0.3 is 0 Å². The molecule has 0 aliphatic rings. The number of benzene rings is 2. The topological polar surface area (TPSA) is 12.0 Å². The fourth-order valence-corrected chi connectivity index (χ4v) is 1.21. The van der Waals surface area contributed by atoms with Crippen molar-refractivity contribution in [1.29, 1.82) is 0 Å². The van der Waals surface area contributed by atoms with E-state index in [2.05, 4.69) is 44.8 Å². The molecule has 2 rings (SSSR count). The highest BCUT2D eigenvalue weighted by molar-refractivity contribution is 5.58. The van der Waals surface area contributed by atoms with Crippen molar-refractivity contribution in [3.63, 3.8) is 0 Å². The van der Waals surface area contributed by atoms with Crippen molar-refractivity contribution in [2.45, 2.75) is 0 Å². The fourth-order valence-electron chi connectivity index (χ4n) is 1.21. The molecule has 0 radical (unpaired) electrons. The summed E-state index contributed by atoms with van der Waals surface area (Å²) >= 11 is 0. The molecule has 1 heteroatoms. The van der Waals surface area contributed by atoms with Gasteiger partial charge < -0.3 is 5.32 Å². The van der Waals surface area contributed by atoms with Crippen molar-refractivity contribution in [1.82, 2.24) is 0 Å². The number of nitrogens with one attached hydrogen (secondary N) is 1. The molecule has 0 saturated carbocycles. The Kier molecular flexibility index (Phi) is 15.3. The molecule has 1 N–H and O–H groups in total. The number of rotatable bonds is 2. The van der Waals surface area contributed by atoms with Crippen LogP contribution in [0.3, 0.4) is 0 Å². The third-order valence-electron chi connectivity index (χ3n) is 1.84. The number of para-hydroxylation sites is 2. The van der Waals surface area contributed by atoms with Crippen LogP contribution in [0, 0.1) is 0 Å². The number of anilines is 2. The van der Waals surface area contributed by atoms with Crippen LogP contribution < -0.4 is 5.32 Å². The molecule has 0 unspecified atom stereocenters. The molecular weight excluding hydrogens is 230 g/mol. The Morgan fingerprint density at radius 3 is 1.00 bits per heavy atom. The van der Waals surface area contributed by atoms with E-state index in [4.69, 9.17) is 0 Å². The summed E-state index contributed by atoms with van der Waals surface area (Å²) in [5.41, 5.74) is 2.24. The maximum Gasteiger partial charge on any atom is 0.0384 e. The summed E-state index contributed by atoms with van der Waals surface area (Å²) < 4.78 is 0. The SMILES string of the molecule is C=C.C=C.C=C.c1ccc(Nc2ccccc2)cc1. The quantitative estimate of drug-likeness (QED) is 0.663. The van der Waals surface area contributed by atoms with E-state index < -0.39 is 0 Å². The normalized spacial score (nSPS) is 7.16. The highest BCUT2D eigenvalue weighted by Gasteiger charge is 1.89. The summed E-state index contributed by atoms with van der Waals surface area (Å²) in [6.07, 6.45) is 0. The maximum absolute atomic E-state index is 3.30. The zero-order chi connectivity index (χ0) is 14.9. The Morgan fingerprint density at radius 2 is 0.737 bits per heavy atom. The van der Waals surface area contributed by atoms with Crippen LogP contribution in [0.1, 0.15) is 0 Å². The summed E-state index contributed by atoms with van der Waals surface area (Å²) in [7, 11) is 0. The lowest BCUT2D eigenvalue weighted by Crippen LogP contribution is -1.87. The molecule has 0 aromatic heterocycles. The van der Waals surface area contributed by atoms with Crippen molar-refractivity contribution in [2.75, 3.05) is 5.32 Å². The number of hydrogen-bond acceptors (Lipinski definition) is 1. The van der Waals surface area contributed by atoms with E-state index in [-0.39, 0.29) is 0 Å². The van der Waals surface area contributed by atoms with E-state index in [0.29, 0.717) is 0 Å². The van der Waals surface area contributed by atoms with Crippen LogP contribution in [-0.2, 0) is 0 Å². The zero-order valence-corrected chi connectivity index (χ0v) is 11.5. The molecule has 0 fully saturated rings. The van der Waals surface area contributed by atoms with Gasteiger partial charge in [-0.05, 0) is 24.3 Å². The third-order valence-corrected chi connectivity index (χ3v) is 1.84. The van der Waals surface area contributed by atoms with Crippen molar-refractivity contribution >= 4 is 11.4 Å². The van der Waals surface area contributed by atoms with Crippen molar-refractivity contribution in [3.05, 3.63) is 100 Å². The monoisotopic (exact) mass is 253 g/mol. The molecule has 0 amide bonds. The van der Waals surface area contributed by atoms with Crippen molar-refractivity contribution in [2.24, 2.45) is 0 Å². The first-order valence-corrected chi connectivity index (χ1v) is 5.82. The zero-order valence-electron chi connectivity index (χ0n) is 11.5. The Labute approximate surface area is 117 Å². The van der Waals surface area contributed by atoms with Gasteiger partial charge in [-0.25, -0.2) is 0 Å². The Hall–Kier alpha value is -2.54. The van der Waals surface area contributed by atoms with Crippen LogP contribution >= 0.6 is 0 Å². The summed E-state index contributed by atoms with van der Waals surface area (Å²) in [4.78, 5) is 0. The van der Waals surface area contributed by atoms with Crippen LogP contribution in [0.2, 0.25) is 0 Å². The second kappa shape index (κ2) is 15.5. The highest BCUT2D eigenvalue weighted by Crippen LogP contribution is 2.14. The smallest absolute Gasteiger partial charge is 0.0384 e. The molecule has 0 saturated heterocycles. The van der Waals surface area contributed by atoms with E-state index in [1.165, 1.54) is 0 Å². The third kappa shape index (κ3) is 9.19. The molecule has 0 aliphatic carbocycles. The van der Waals surface area contributed by atoms with E-state index in [0.717, 1.165) is 11.4 Å². The number of hydrogen-bond donors (Lipinski definition) is 1. The standard InChI is InChI=1S/C12H11N.3C2H4/c1-3-7-11(8-4-1)13-12-9-5-2-6-10-12;3*1-2/h1-10,13H;3*1-2H2. The van der Waals surface area contributed by atoms with Crippen LogP contribution in [0.15, 0.2) is 100 Å². The summed E-state index contributed by atoms with van der Waals surface area (Å²) in [5, 5.41) is 3.30. The minimum Gasteiger partial charge on any atom is -0.356 e. The molecule has 1 nitrogen and oxygen atoms in total. The first kappa shape index (κ1) is 18.8. The first-order chi connectivity index (χ1) is 9.45. The molecule has 0 aliphatic heterocycles. The van der Waals surface area contributed by atoms with E-state index in [9.17, 15) is 0 Å². The molecular formula is C18H23N. The van der Waals surface area contributed by atoms with E-state index >= 15 is 0 Å². The molecule has 0 heterocycles. The molecule has 0 bridgehead atoms. The van der Waals surface area contributed by atoms with Crippen molar-refractivity contribution < 1.29 is 0 Å². The Balaban J connectivity index is 0. The molecule has 0 atom stereocenters. The fraction of sp³-hybridized carbons (Fsp3) is 0. The van der Waals surface area contributed by atoms with E-state index in [1.54, 1.807) is 0 Å². The summed E-state index contributed by atoms with van der Waals surface area (Å²) in [5.74, 6) is 0. The average Bonchev–Trinajstić information content (AvgIpc) is 2.55. The summed E-state index contributed by atoms with van der Waals surface area (Å²) in [6.45, 7) is 18.0. The lowest BCUT2D eigenvalue weighted by molar-refractivity contribution is 1.55. The van der Waals surface area contributed by atoms with Gasteiger partial charge in [-0.3, -0.25) is 0 Å². The van der Waals surface area contributed by atoms with E-state index in [1.807, 2.05) is 60.7 Å². The van der Waals surface area contributed by atoms with Gasteiger partial charge in [0.05, 0.1) is 0 Å². The average molecular weight is 253 g/mol. The lowest BCUT2D eigenvalue weighted by Gasteiger charge is -2.04. The predicted molar refractivity (Wildman–Crippen MR) is 89.9 cm³/mol. The second-order valence-electron chi connectivity index (χ2n) is 2.86. The molecule has 0 spiro atoms. The van der Waals surface area contributed by atoms with Crippen LogP contribution in [0.4, 0.5) is 11.4 Å². The van der Waals surface area contributed by atoms with Gasteiger partial charge in [0.15, 0.2) is 0 Å². The molecule has 100 valence electrons. The van der Waals surface area contributed by atoms with Crippen molar-refractivity contribution in [3.8, 4) is 0 Å². The predicted octanol–water partition coefficient (Wildman–Crippen LogP) is 5.84. The molecule has 2 aromatic rings.